The summed E-state index contributed by atoms with van der Waals surface area (Å²) in [5.41, 5.74) is -0.220. The Morgan fingerprint density at radius 2 is 1.83 bits per heavy atom. The number of guanidine groups is 1. The Hall–Kier alpha value is -0.0800. The van der Waals surface area contributed by atoms with Crippen molar-refractivity contribution in [1.82, 2.24) is 15.5 Å². The number of ether oxygens (including phenoxy) is 1. The molecule has 0 radical (unpaired) electrons. The van der Waals surface area contributed by atoms with Gasteiger partial charge in [-0.05, 0) is 52.0 Å². The van der Waals surface area contributed by atoms with Crippen LogP contribution in [0.2, 0.25) is 0 Å². The van der Waals surface area contributed by atoms with Crippen LogP contribution in [0, 0.1) is 11.8 Å². The Balaban J connectivity index is 0.00000529. The fourth-order valence-corrected chi connectivity index (χ4v) is 3.16. The average Bonchev–Trinajstić information content (AvgIpc) is 2.48. The summed E-state index contributed by atoms with van der Waals surface area (Å²) in [6.07, 6.45) is 2.53. The van der Waals surface area contributed by atoms with Crippen LogP contribution in [-0.4, -0.2) is 62.8 Å². The minimum Gasteiger partial charge on any atom is -0.377 e. The van der Waals surface area contributed by atoms with E-state index in [2.05, 4.69) is 55.1 Å². The van der Waals surface area contributed by atoms with Crippen LogP contribution < -0.4 is 10.6 Å². The van der Waals surface area contributed by atoms with Crippen LogP contribution in [0.5, 0.6) is 0 Å². The Labute approximate surface area is 166 Å². The van der Waals surface area contributed by atoms with Gasteiger partial charge in [0.2, 0.25) is 0 Å². The topological polar surface area (TPSA) is 48.9 Å². The Bertz CT molecular complexity index is 353. The van der Waals surface area contributed by atoms with E-state index in [4.69, 9.17) is 4.74 Å². The molecule has 0 aromatic rings. The van der Waals surface area contributed by atoms with E-state index in [0.29, 0.717) is 6.54 Å². The lowest BCUT2D eigenvalue weighted by Gasteiger charge is -2.35. The van der Waals surface area contributed by atoms with E-state index in [1.165, 1.54) is 26.1 Å². The first-order valence-corrected chi connectivity index (χ1v) is 9.16. The van der Waals surface area contributed by atoms with Gasteiger partial charge in [0.15, 0.2) is 5.96 Å². The van der Waals surface area contributed by atoms with Gasteiger partial charge in [-0.25, -0.2) is 0 Å². The van der Waals surface area contributed by atoms with Gasteiger partial charge < -0.3 is 20.3 Å². The highest BCUT2D eigenvalue weighted by molar-refractivity contribution is 14.0. The average molecular weight is 454 g/mol. The first-order valence-electron chi connectivity index (χ1n) is 9.16. The quantitative estimate of drug-likeness (QED) is 0.256. The number of likely N-dealkylation sites (tertiary alicyclic amines) is 1. The van der Waals surface area contributed by atoms with Gasteiger partial charge in [-0.2, -0.15) is 0 Å². The van der Waals surface area contributed by atoms with Gasteiger partial charge in [0.25, 0.3) is 0 Å². The van der Waals surface area contributed by atoms with Gasteiger partial charge >= 0.3 is 0 Å². The van der Waals surface area contributed by atoms with Crippen LogP contribution in [0.25, 0.3) is 0 Å². The van der Waals surface area contributed by atoms with Gasteiger partial charge in [0.05, 0.1) is 12.1 Å². The Kier molecular flexibility index (Phi) is 12.3. The maximum Gasteiger partial charge on any atom is 0.191 e. The van der Waals surface area contributed by atoms with Gasteiger partial charge in [-0.1, -0.05) is 13.8 Å². The second kappa shape index (κ2) is 12.3. The zero-order valence-electron chi connectivity index (χ0n) is 16.5. The normalized spacial score (nSPS) is 22.8. The molecule has 1 rings (SSSR count). The summed E-state index contributed by atoms with van der Waals surface area (Å²) >= 11 is 0. The number of hydrogen-bond donors (Lipinski definition) is 2. The third-order valence-corrected chi connectivity index (χ3v) is 4.40. The monoisotopic (exact) mass is 454 g/mol. The van der Waals surface area contributed by atoms with Crippen molar-refractivity contribution < 1.29 is 4.74 Å². The van der Waals surface area contributed by atoms with E-state index >= 15 is 0 Å². The van der Waals surface area contributed by atoms with E-state index in [1.54, 1.807) is 7.11 Å². The van der Waals surface area contributed by atoms with Crippen molar-refractivity contribution in [1.29, 1.82) is 0 Å². The fraction of sp³-hybridized carbons (Fsp3) is 0.944. The standard InChI is InChI=1S/C18H38N4O.HI/c1-7-19-17(21-14-18(4,5)23-6)20-9-8-10-22-12-15(2)11-16(3)13-22;/h15-16H,7-14H2,1-6H3,(H2,19,20,21);1H. The third-order valence-electron chi connectivity index (χ3n) is 4.40. The maximum atomic E-state index is 5.42. The second-order valence-corrected chi connectivity index (χ2v) is 7.64. The van der Waals surface area contributed by atoms with Crippen molar-refractivity contribution in [3.05, 3.63) is 0 Å². The van der Waals surface area contributed by atoms with Crippen molar-refractivity contribution in [3.8, 4) is 0 Å². The smallest absolute Gasteiger partial charge is 0.191 e. The minimum atomic E-state index is -0.220. The highest BCUT2D eigenvalue weighted by Gasteiger charge is 2.21. The van der Waals surface area contributed by atoms with Crippen molar-refractivity contribution in [2.75, 3.05) is 46.4 Å². The number of methoxy groups -OCH3 is 1. The van der Waals surface area contributed by atoms with Crippen molar-refractivity contribution in [2.24, 2.45) is 16.8 Å². The number of halogens is 1. The summed E-state index contributed by atoms with van der Waals surface area (Å²) in [7, 11) is 1.73. The second-order valence-electron chi connectivity index (χ2n) is 7.64. The number of nitrogens with zero attached hydrogens (tertiary/aromatic N) is 2. The van der Waals surface area contributed by atoms with Gasteiger partial charge in [-0.15, -0.1) is 24.0 Å². The van der Waals surface area contributed by atoms with Crippen LogP contribution in [-0.2, 0) is 4.74 Å². The summed E-state index contributed by atoms with van der Waals surface area (Å²) in [5.74, 6) is 2.56. The largest absolute Gasteiger partial charge is 0.377 e. The first kappa shape index (κ1) is 23.9. The van der Waals surface area contributed by atoms with Gasteiger partial charge in [0.1, 0.15) is 0 Å². The summed E-state index contributed by atoms with van der Waals surface area (Å²) in [5, 5.41) is 6.74. The molecule has 2 N–H and O–H groups in total. The molecule has 6 heteroatoms. The lowest BCUT2D eigenvalue weighted by molar-refractivity contribution is 0.0310. The highest BCUT2D eigenvalue weighted by atomic mass is 127. The van der Waals surface area contributed by atoms with Crippen LogP contribution >= 0.6 is 24.0 Å². The van der Waals surface area contributed by atoms with Crippen molar-refractivity contribution in [2.45, 2.75) is 53.1 Å². The number of nitrogens with one attached hydrogen (secondary N) is 2. The minimum absolute atomic E-state index is 0. The molecule has 2 unspecified atom stereocenters. The van der Waals surface area contributed by atoms with E-state index in [9.17, 15) is 0 Å². The molecule has 0 aliphatic carbocycles. The maximum absolute atomic E-state index is 5.42. The molecule has 1 heterocycles. The molecular weight excluding hydrogens is 415 g/mol. The molecule has 1 saturated heterocycles. The highest BCUT2D eigenvalue weighted by Crippen LogP contribution is 2.20. The van der Waals surface area contributed by atoms with Crippen molar-refractivity contribution >= 4 is 29.9 Å². The molecule has 0 spiro atoms. The molecule has 0 aromatic heterocycles. The summed E-state index contributed by atoms with van der Waals surface area (Å²) in [4.78, 5) is 7.23. The number of rotatable bonds is 8. The zero-order chi connectivity index (χ0) is 17.3. The van der Waals surface area contributed by atoms with Crippen LogP contribution in [0.15, 0.2) is 4.99 Å². The predicted octanol–water partition coefficient (Wildman–Crippen LogP) is 2.95. The molecule has 0 aromatic carbocycles. The fourth-order valence-electron chi connectivity index (χ4n) is 3.16. The summed E-state index contributed by atoms with van der Waals surface area (Å²) < 4.78 is 5.42. The number of aliphatic imine (C=N–C) groups is 1. The SMILES string of the molecule is CCNC(=NCC(C)(C)OC)NCCCN1CC(C)CC(C)C1.I. The van der Waals surface area contributed by atoms with E-state index < -0.39 is 0 Å². The molecule has 5 nitrogen and oxygen atoms in total. The van der Waals surface area contributed by atoms with Gasteiger partial charge in [-0.3, -0.25) is 4.99 Å². The molecule has 0 amide bonds. The number of piperidine rings is 1. The van der Waals surface area contributed by atoms with E-state index in [-0.39, 0.29) is 29.6 Å². The molecule has 2 atom stereocenters. The van der Waals surface area contributed by atoms with Gasteiger partial charge in [0, 0.05) is 33.3 Å². The molecule has 1 fully saturated rings. The molecule has 24 heavy (non-hydrogen) atoms. The first-order chi connectivity index (χ1) is 10.9. The molecular formula is C18H39IN4O. The van der Waals surface area contributed by atoms with Crippen molar-refractivity contribution in [3.63, 3.8) is 0 Å². The zero-order valence-corrected chi connectivity index (χ0v) is 18.9. The third kappa shape index (κ3) is 10.0. The Morgan fingerprint density at radius 1 is 1.21 bits per heavy atom. The van der Waals surface area contributed by atoms with E-state index in [0.717, 1.165) is 37.3 Å². The predicted molar refractivity (Wildman–Crippen MR) is 114 cm³/mol. The van der Waals surface area contributed by atoms with Crippen LogP contribution in [0.3, 0.4) is 0 Å². The molecule has 0 bridgehead atoms. The van der Waals surface area contributed by atoms with Crippen LogP contribution in [0.4, 0.5) is 0 Å². The van der Waals surface area contributed by atoms with E-state index in [1.807, 2.05) is 0 Å². The Morgan fingerprint density at radius 3 is 2.38 bits per heavy atom. The molecule has 144 valence electrons. The van der Waals surface area contributed by atoms with Crippen LogP contribution in [0.1, 0.15) is 47.5 Å². The lowest BCUT2D eigenvalue weighted by Crippen LogP contribution is -2.42. The molecule has 1 aliphatic rings. The molecule has 1 aliphatic heterocycles. The lowest BCUT2D eigenvalue weighted by atomic mass is 9.92. The summed E-state index contributed by atoms with van der Waals surface area (Å²) in [6, 6.07) is 0. The number of hydrogen-bond acceptors (Lipinski definition) is 3. The summed E-state index contributed by atoms with van der Waals surface area (Å²) in [6.45, 7) is 17.1. The molecule has 0 saturated carbocycles.